The van der Waals surface area contributed by atoms with Crippen LogP contribution in [0.1, 0.15) is 29.6 Å². The molecule has 2 aliphatic rings. The van der Waals surface area contributed by atoms with E-state index < -0.39 is 5.97 Å². The largest absolute Gasteiger partial charge is 0.478 e. The number of amides is 1. The monoisotopic (exact) mass is 387 g/mol. The van der Waals surface area contributed by atoms with Crippen LogP contribution in [0.25, 0.3) is 0 Å². The molecule has 0 aromatic heterocycles. The number of halogens is 1. The second-order valence-electron chi connectivity index (χ2n) is 5.24. The summed E-state index contributed by atoms with van der Waals surface area (Å²) in [6.45, 7) is 0. The van der Waals surface area contributed by atoms with Gasteiger partial charge in [-0.2, -0.15) is 0 Å². The lowest BCUT2D eigenvalue weighted by Gasteiger charge is -2.18. The van der Waals surface area contributed by atoms with Crippen molar-refractivity contribution in [2.24, 2.45) is 5.92 Å². The number of carboxylic acids is 1. The zero-order chi connectivity index (χ0) is 14.3. The number of hydrogen-bond acceptors (Lipinski definition) is 3. The fourth-order valence-corrected chi connectivity index (χ4v) is 3.60. The molecule has 20 heavy (non-hydrogen) atoms. The van der Waals surface area contributed by atoms with E-state index in [-0.39, 0.29) is 29.6 Å². The summed E-state index contributed by atoms with van der Waals surface area (Å²) in [5, 5.41) is 11.8. The number of benzene rings is 1. The Kier molecular flexibility index (Phi) is 3.68. The lowest BCUT2D eigenvalue weighted by molar-refractivity contribution is -0.121. The Bertz CT molecular complexity index is 574. The molecule has 0 aliphatic carbocycles. The van der Waals surface area contributed by atoms with Crippen LogP contribution in [-0.4, -0.2) is 29.2 Å². The van der Waals surface area contributed by atoms with Crippen molar-refractivity contribution in [1.82, 2.24) is 0 Å². The summed E-state index contributed by atoms with van der Waals surface area (Å²) in [6.07, 6.45) is 3.01. The first-order valence-electron chi connectivity index (χ1n) is 6.53. The highest BCUT2D eigenvalue weighted by molar-refractivity contribution is 14.1. The highest BCUT2D eigenvalue weighted by Gasteiger charge is 2.44. The molecule has 3 rings (SSSR count). The van der Waals surface area contributed by atoms with E-state index in [2.05, 4.69) is 5.32 Å². The van der Waals surface area contributed by atoms with E-state index in [0.29, 0.717) is 5.69 Å². The van der Waals surface area contributed by atoms with E-state index in [1.807, 2.05) is 22.6 Å². The molecule has 0 spiro atoms. The summed E-state index contributed by atoms with van der Waals surface area (Å²) < 4.78 is 6.45. The highest BCUT2D eigenvalue weighted by Crippen LogP contribution is 2.39. The van der Waals surface area contributed by atoms with Crippen LogP contribution in [0, 0.1) is 9.49 Å². The number of nitrogens with one attached hydrogen (secondary N) is 1. The first kappa shape index (κ1) is 13.8. The van der Waals surface area contributed by atoms with Crippen LogP contribution >= 0.6 is 22.6 Å². The minimum atomic E-state index is -0.998. The van der Waals surface area contributed by atoms with Crippen LogP contribution in [0.3, 0.4) is 0 Å². The molecule has 2 N–H and O–H groups in total. The molecule has 2 bridgehead atoms. The predicted octanol–water partition coefficient (Wildman–Crippen LogP) is 2.50. The van der Waals surface area contributed by atoms with Crippen LogP contribution < -0.4 is 5.32 Å². The quantitative estimate of drug-likeness (QED) is 0.782. The van der Waals surface area contributed by atoms with Gasteiger partial charge in [-0.3, -0.25) is 4.79 Å². The minimum absolute atomic E-state index is 0.0294. The molecule has 1 aromatic carbocycles. The van der Waals surface area contributed by atoms with Crippen LogP contribution in [0.15, 0.2) is 18.2 Å². The number of aromatic carboxylic acids is 1. The van der Waals surface area contributed by atoms with Gasteiger partial charge in [0.1, 0.15) is 0 Å². The summed E-state index contributed by atoms with van der Waals surface area (Å²) in [5.74, 6) is -1.18. The normalized spacial score (nSPS) is 27.6. The first-order chi connectivity index (χ1) is 9.52. The van der Waals surface area contributed by atoms with Crippen molar-refractivity contribution in [2.75, 3.05) is 5.32 Å². The zero-order valence-electron chi connectivity index (χ0n) is 10.6. The molecule has 2 fully saturated rings. The van der Waals surface area contributed by atoms with E-state index in [9.17, 15) is 9.59 Å². The number of fused-ring (bicyclic) bond motifs is 2. The molecule has 1 aromatic rings. The van der Waals surface area contributed by atoms with Gasteiger partial charge in [0.05, 0.1) is 23.7 Å². The molecule has 3 atom stereocenters. The van der Waals surface area contributed by atoms with Gasteiger partial charge in [0.2, 0.25) is 5.91 Å². The average molecular weight is 387 g/mol. The van der Waals surface area contributed by atoms with E-state index in [1.165, 1.54) is 6.07 Å². The molecule has 1 amide bonds. The van der Waals surface area contributed by atoms with Gasteiger partial charge in [-0.1, -0.05) is 0 Å². The molecular weight excluding hydrogens is 373 g/mol. The molecule has 6 heteroatoms. The van der Waals surface area contributed by atoms with Crippen molar-refractivity contribution in [2.45, 2.75) is 31.5 Å². The van der Waals surface area contributed by atoms with Gasteiger partial charge in [0, 0.05) is 9.26 Å². The van der Waals surface area contributed by atoms with Gasteiger partial charge in [0.25, 0.3) is 0 Å². The van der Waals surface area contributed by atoms with Crippen molar-refractivity contribution in [3.05, 3.63) is 27.3 Å². The van der Waals surface area contributed by atoms with E-state index >= 15 is 0 Å². The predicted molar refractivity (Wildman–Crippen MR) is 80.8 cm³/mol. The fraction of sp³-hybridized carbons (Fsp3) is 0.429. The van der Waals surface area contributed by atoms with Crippen molar-refractivity contribution >= 4 is 40.2 Å². The number of rotatable bonds is 3. The number of hydrogen-bond donors (Lipinski definition) is 2. The van der Waals surface area contributed by atoms with E-state index in [1.54, 1.807) is 12.1 Å². The third kappa shape index (κ3) is 2.67. The Labute approximate surface area is 129 Å². The standard InChI is InChI=1S/C14H14INO4/c15-8-3-7(14(18)19)4-9(5-8)16-13(17)11-6-10-1-2-12(11)20-10/h3-5,10-12H,1-2,6H2,(H,16,17)(H,18,19). The number of carbonyl (C=O) groups is 2. The lowest BCUT2D eigenvalue weighted by atomic mass is 9.88. The Hall–Kier alpha value is -1.15. The van der Waals surface area contributed by atoms with Crippen LogP contribution in [0.2, 0.25) is 0 Å². The Morgan fingerprint density at radius 1 is 1.30 bits per heavy atom. The fourth-order valence-electron chi connectivity index (χ4n) is 2.93. The number of anilines is 1. The molecule has 2 saturated heterocycles. The first-order valence-corrected chi connectivity index (χ1v) is 7.61. The van der Waals surface area contributed by atoms with E-state index in [4.69, 9.17) is 9.84 Å². The number of carbonyl (C=O) groups excluding carboxylic acids is 1. The maximum absolute atomic E-state index is 12.3. The molecule has 3 unspecified atom stereocenters. The molecule has 0 radical (unpaired) electrons. The van der Waals surface area contributed by atoms with Crippen molar-refractivity contribution in [3.63, 3.8) is 0 Å². The summed E-state index contributed by atoms with van der Waals surface area (Å²) >= 11 is 2.04. The maximum Gasteiger partial charge on any atom is 0.335 e. The second-order valence-corrected chi connectivity index (χ2v) is 6.48. The third-order valence-corrected chi connectivity index (χ3v) is 4.48. The van der Waals surface area contributed by atoms with Gasteiger partial charge in [-0.25, -0.2) is 4.79 Å². The van der Waals surface area contributed by atoms with Crippen molar-refractivity contribution in [3.8, 4) is 0 Å². The van der Waals surface area contributed by atoms with Crippen molar-refractivity contribution in [1.29, 1.82) is 0 Å². The molecular formula is C14H14INO4. The van der Waals surface area contributed by atoms with Gasteiger partial charge in [0.15, 0.2) is 0 Å². The van der Waals surface area contributed by atoms with Crippen molar-refractivity contribution < 1.29 is 19.4 Å². The topological polar surface area (TPSA) is 75.6 Å². The van der Waals surface area contributed by atoms with E-state index in [0.717, 1.165) is 22.8 Å². The zero-order valence-corrected chi connectivity index (χ0v) is 12.8. The minimum Gasteiger partial charge on any atom is -0.478 e. The van der Waals surface area contributed by atoms with Gasteiger partial charge < -0.3 is 15.2 Å². The van der Waals surface area contributed by atoms with Crippen LogP contribution in [0.5, 0.6) is 0 Å². The average Bonchev–Trinajstić information content (AvgIpc) is 3.00. The molecule has 2 aliphatic heterocycles. The summed E-state index contributed by atoms with van der Waals surface area (Å²) in [4.78, 5) is 23.3. The van der Waals surface area contributed by atoms with Crippen LogP contribution in [0.4, 0.5) is 5.69 Å². The Morgan fingerprint density at radius 3 is 2.70 bits per heavy atom. The molecule has 2 heterocycles. The molecule has 5 nitrogen and oxygen atoms in total. The smallest absolute Gasteiger partial charge is 0.335 e. The Balaban J connectivity index is 1.74. The lowest BCUT2D eigenvalue weighted by Crippen LogP contribution is -2.30. The highest BCUT2D eigenvalue weighted by atomic mass is 127. The SMILES string of the molecule is O=C(O)c1cc(I)cc(NC(=O)C2CC3CCC2O3)c1. The number of carboxylic acid groups (broad SMARTS) is 1. The summed E-state index contributed by atoms with van der Waals surface area (Å²) in [6, 6.07) is 4.81. The second kappa shape index (κ2) is 5.33. The number of ether oxygens (including phenoxy) is 1. The van der Waals surface area contributed by atoms with Gasteiger partial charge in [-0.05, 0) is 60.1 Å². The Morgan fingerprint density at radius 2 is 2.10 bits per heavy atom. The van der Waals surface area contributed by atoms with Gasteiger partial charge in [-0.15, -0.1) is 0 Å². The maximum atomic E-state index is 12.3. The third-order valence-electron chi connectivity index (χ3n) is 3.86. The van der Waals surface area contributed by atoms with Crippen LogP contribution in [-0.2, 0) is 9.53 Å². The summed E-state index contributed by atoms with van der Waals surface area (Å²) in [5.41, 5.74) is 0.707. The molecule has 106 valence electrons. The summed E-state index contributed by atoms with van der Waals surface area (Å²) in [7, 11) is 0. The molecule has 0 saturated carbocycles. The van der Waals surface area contributed by atoms with Gasteiger partial charge >= 0.3 is 5.97 Å².